The largest absolute Gasteiger partial charge is 0.491 e. The SMILES string of the molecule is CSc1ncc(CN2CCCC(C(=O)c3cccc(OC(C)C)c3)C2)cn1. The first-order chi connectivity index (χ1) is 13.0. The van der Waals surface area contributed by atoms with Crippen molar-refractivity contribution < 1.29 is 9.53 Å². The Morgan fingerprint density at radius 1 is 1.33 bits per heavy atom. The number of ether oxygens (including phenoxy) is 1. The van der Waals surface area contributed by atoms with Crippen LogP contribution in [0.2, 0.25) is 0 Å². The molecule has 144 valence electrons. The van der Waals surface area contributed by atoms with Crippen molar-refractivity contribution in [3.63, 3.8) is 0 Å². The summed E-state index contributed by atoms with van der Waals surface area (Å²) in [6.45, 7) is 6.55. The summed E-state index contributed by atoms with van der Waals surface area (Å²) in [6, 6.07) is 7.57. The smallest absolute Gasteiger partial charge is 0.187 e. The fourth-order valence-electron chi connectivity index (χ4n) is 3.43. The first-order valence-corrected chi connectivity index (χ1v) is 10.7. The lowest BCUT2D eigenvalue weighted by Crippen LogP contribution is -2.38. The van der Waals surface area contributed by atoms with Crippen LogP contribution in [0.1, 0.15) is 42.6 Å². The van der Waals surface area contributed by atoms with Crippen molar-refractivity contribution in [1.82, 2.24) is 14.9 Å². The number of carbonyl (C=O) groups is 1. The molecule has 1 saturated heterocycles. The van der Waals surface area contributed by atoms with Crippen LogP contribution < -0.4 is 4.74 Å². The van der Waals surface area contributed by atoms with Gasteiger partial charge in [0.05, 0.1) is 6.10 Å². The van der Waals surface area contributed by atoms with Crippen LogP contribution >= 0.6 is 11.8 Å². The van der Waals surface area contributed by atoms with E-state index in [1.165, 1.54) is 11.8 Å². The van der Waals surface area contributed by atoms with Crippen LogP contribution in [0, 0.1) is 5.92 Å². The molecule has 6 heteroatoms. The first kappa shape index (κ1) is 19.8. The maximum absolute atomic E-state index is 13.0. The lowest BCUT2D eigenvalue weighted by atomic mass is 9.90. The Morgan fingerprint density at radius 2 is 2.11 bits per heavy atom. The summed E-state index contributed by atoms with van der Waals surface area (Å²) in [6.07, 6.45) is 7.81. The molecule has 0 radical (unpaired) electrons. The van der Waals surface area contributed by atoms with E-state index in [1.807, 2.05) is 56.8 Å². The van der Waals surface area contributed by atoms with Crippen LogP contribution in [0.3, 0.4) is 0 Å². The van der Waals surface area contributed by atoms with Gasteiger partial charge in [0.2, 0.25) is 0 Å². The number of rotatable bonds is 7. The molecule has 0 saturated carbocycles. The van der Waals surface area contributed by atoms with E-state index in [1.54, 1.807) is 0 Å². The number of ketones is 1. The summed E-state index contributed by atoms with van der Waals surface area (Å²) in [5.41, 5.74) is 1.83. The normalized spacial score (nSPS) is 17.9. The monoisotopic (exact) mass is 385 g/mol. The maximum atomic E-state index is 13.0. The minimum absolute atomic E-state index is 0.0273. The average molecular weight is 386 g/mol. The Labute approximate surface area is 165 Å². The van der Waals surface area contributed by atoms with Gasteiger partial charge < -0.3 is 4.74 Å². The summed E-state index contributed by atoms with van der Waals surface area (Å²) in [5, 5.41) is 0.786. The number of hydrogen-bond acceptors (Lipinski definition) is 6. The molecule has 3 rings (SSSR count). The molecule has 1 unspecified atom stereocenters. The zero-order chi connectivity index (χ0) is 19.2. The highest BCUT2D eigenvalue weighted by molar-refractivity contribution is 7.98. The molecular formula is C21H27N3O2S. The van der Waals surface area contributed by atoms with Crippen LogP contribution in [-0.2, 0) is 6.54 Å². The molecule has 1 aromatic carbocycles. The van der Waals surface area contributed by atoms with E-state index >= 15 is 0 Å². The minimum Gasteiger partial charge on any atom is -0.491 e. The van der Waals surface area contributed by atoms with E-state index in [0.29, 0.717) is 0 Å². The van der Waals surface area contributed by atoms with Crippen molar-refractivity contribution in [3.05, 3.63) is 47.8 Å². The standard InChI is InChI=1S/C21H27N3O2S/c1-15(2)26-19-8-4-6-17(10-19)20(25)18-7-5-9-24(14-18)13-16-11-22-21(27-3)23-12-16/h4,6,8,10-12,15,18H,5,7,9,13-14H2,1-3H3. The third-order valence-electron chi connectivity index (χ3n) is 4.64. The van der Waals surface area contributed by atoms with Gasteiger partial charge in [-0.3, -0.25) is 9.69 Å². The topological polar surface area (TPSA) is 55.3 Å². The second kappa shape index (κ2) is 9.33. The Morgan fingerprint density at radius 3 is 2.81 bits per heavy atom. The minimum atomic E-state index is 0.0273. The van der Waals surface area contributed by atoms with E-state index in [9.17, 15) is 4.79 Å². The van der Waals surface area contributed by atoms with Gasteiger partial charge in [0.15, 0.2) is 10.9 Å². The number of carbonyl (C=O) groups excluding carboxylic acids is 1. The summed E-state index contributed by atoms with van der Waals surface area (Å²) in [7, 11) is 0. The molecule has 0 aliphatic carbocycles. The van der Waals surface area contributed by atoms with E-state index in [0.717, 1.165) is 54.5 Å². The quantitative estimate of drug-likeness (QED) is 0.407. The lowest BCUT2D eigenvalue weighted by molar-refractivity contribution is 0.0810. The third-order valence-corrected chi connectivity index (χ3v) is 5.21. The Kier molecular flexibility index (Phi) is 6.85. The van der Waals surface area contributed by atoms with Crippen molar-refractivity contribution in [2.75, 3.05) is 19.3 Å². The zero-order valence-corrected chi connectivity index (χ0v) is 17.0. The molecule has 0 N–H and O–H groups in total. The fourth-order valence-corrected chi connectivity index (χ4v) is 3.75. The predicted octanol–water partition coefficient (Wildman–Crippen LogP) is 4.08. The zero-order valence-electron chi connectivity index (χ0n) is 16.2. The lowest BCUT2D eigenvalue weighted by Gasteiger charge is -2.32. The molecule has 0 spiro atoms. The van der Waals surface area contributed by atoms with Crippen LogP contribution in [-0.4, -0.2) is 46.1 Å². The number of hydrogen-bond donors (Lipinski definition) is 0. The van der Waals surface area contributed by atoms with Crippen LogP contribution in [0.4, 0.5) is 0 Å². The molecule has 0 bridgehead atoms. The van der Waals surface area contributed by atoms with Crippen LogP contribution in [0.25, 0.3) is 0 Å². The fraction of sp³-hybridized carbons (Fsp3) is 0.476. The molecule has 27 heavy (non-hydrogen) atoms. The molecule has 1 aliphatic heterocycles. The second-order valence-corrected chi connectivity index (χ2v) is 7.98. The molecule has 0 amide bonds. The first-order valence-electron chi connectivity index (χ1n) is 9.43. The summed E-state index contributed by atoms with van der Waals surface area (Å²) in [4.78, 5) is 24.0. The second-order valence-electron chi connectivity index (χ2n) is 7.21. The number of nitrogens with zero attached hydrogens (tertiary/aromatic N) is 3. The number of thioether (sulfide) groups is 1. The molecule has 1 atom stereocenters. The molecule has 1 aliphatic rings. The maximum Gasteiger partial charge on any atom is 0.187 e. The molecule has 5 nitrogen and oxygen atoms in total. The highest BCUT2D eigenvalue weighted by Crippen LogP contribution is 2.24. The van der Waals surface area contributed by atoms with Gasteiger partial charge in [-0.1, -0.05) is 23.9 Å². The number of Topliss-reactive ketones (excluding diaryl/α,β-unsaturated/α-hetero) is 1. The summed E-state index contributed by atoms with van der Waals surface area (Å²) in [5.74, 6) is 0.997. The van der Waals surface area contributed by atoms with Gasteiger partial charge in [-0.25, -0.2) is 9.97 Å². The van der Waals surface area contributed by atoms with Crippen molar-refractivity contribution in [3.8, 4) is 5.75 Å². The highest BCUT2D eigenvalue weighted by atomic mass is 32.2. The highest BCUT2D eigenvalue weighted by Gasteiger charge is 2.27. The van der Waals surface area contributed by atoms with Crippen LogP contribution in [0.5, 0.6) is 5.75 Å². The summed E-state index contributed by atoms with van der Waals surface area (Å²) >= 11 is 1.54. The van der Waals surface area contributed by atoms with Gasteiger partial charge in [-0.05, 0) is 51.6 Å². The molecule has 1 aromatic heterocycles. The van der Waals surface area contributed by atoms with E-state index < -0.39 is 0 Å². The third kappa shape index (κ3) is 5.53. The number of benzene rings is 1. The van der Waals surface area contributed by atoms with Crippen molar-refractivity contribution >= 4 is 17.5 Å². The van der Waals surface area contributed by atoms with Gasteiger partial charge in [0, 0.05) is 42.5 Å². The van der Waals surface area contributed by atoms with E-state index in [-0.39, 0.29) is 17.8 Å². The predicted molar refractivity (Wildman–Crippen MR) is 108 cm³/mol. The van der Waals surface area contributed by atoms with Gasteiger partial charge in [0.1, 0.15) is 5.75 Å². The molecule has 1 fully saturated rings. The Hall–Kier alpha value is -1.92. The van der Waals surface area contributed by atoms with Gasteiger partial charge >= 0.3 is 0 Å². The van der Waals surface area contributed by atoms with Crippen molar-refractivity contribution in [1.29, 1.82) is 0 Å². The van der Waals surface area contributed by atoms with Crippen LogP contribution in [0.15, 0.2) is 41.8 Å². The Balaban J connectivity index is 1.63. The van der Waals surface area contributed by atoms with Gasteiger partial charge in [-0.15, -0.1) is 0 Å². The Bertz CT molecular complexity index is 764. The molecular weight excluding hydrogens is 358 g/mol. The number of likely N-dealkylation sites (tertiary alicyclic amines) is 1. The number of aromatic nitrogens is 2. The summed E-state index contributed by atoms with van der Waals surface area (Å²) < 4.78 is 5.73. The molecule has 2 heterocycles. The van der Waals surface area contributed by atoms with Gasteiger partial charge in [-0.2, -0.15) is 0 Å². The molecule has 2 aromatic rings. The van der Waals surface area contributed by atoms with Crippen molar-refractivity contribution in [2.45, 2.75) is 44.5 Å². The average Bonchev–Trinajstić information content (AvgIpc) is 2.68. The van der Waals surface area contributed by atoms with E-state index in [4.69, 9.17) is 4.74 Å². The number of piperidine rings is 1. The van der Waals surface area contributed by atoms with E-state index in [2.05, 4.69) is 14.9 Å². The van der Waals surface area contributed by atoms with Gasteiger partial charge in [0.25, 0.3) is 0 Å². The van der Waals surface area contributed by atoms with Crippen molar-refractivity contribution in [2.24, 2.45) is 5.92 Å².